The van der Waals surface area contributed by atoms with Gasteiger partial charge in [-0.25, -0.2) is 4.79 Å². The summed E-state index contributed by atoms with van der Waals surface area (Å²) in [6, 6.07) is 10.6. The van der Waals surface area contributed by atoms with Crippen LogP contribution in [0.3, 0.4) is 0 Å². The molecule has 0 saturated heterocycles. The molecule has 2 aromatic heterocycles. The Kier molecular flexibility index (Phi) is 3.49. The average molecular weight is 301 g/mol. The summed E-state index contributed by atoms with van der Waals surface area (Å²) in [5, 5.41) is 5.04. The zero-order valence-corrected chi connectivity index (χ0v) is 12.0. The number of nitrogens with zero attached hydrogens (tertiary/aromatic N) is 3. The van der Waals surface area contributed by atoms with Gasteiger partial charge >= 0.3 is 5.97 Å². The molecular weight excluding hydrogens is 290 g/mol. The molecule has 0 bridgehead atoms. The molecule has 0 aliphatic carbocycles. The van der Waals surface area contributed by atoms with Crippen LogP contribution in [0, 0.1) is 0 Å². The van der Waals surface area contributed by atoms with Crippen molar-refractivity contribution in [1.82, 2.24) is 14.6 Å². The van der Waals surface area contributed by atoms with Crippen molar-refractivity contribution in [2.75, 3.05) is 6.61 Å². The third-order valence-corrected chi connectivity index (χ3v) is 3.72. The first-order valence-electron chi connectivity index (χ1n) is 6.32. The van der Waals surface area contributed by atoms with Gasteiger partial charge in [-0.05, 0) is 6.92 Å². The molecule has 0 unspecified atom stereocenters. The van der Waals surface area contributed by atoms with E-state index in [1.807, 2.05) is 30.3 Å². The SMILES string of the molecule is CCOC(=O)c1cc(=O)nc2sc(-c3ccccc3)nn12. The summed E-state index contributed by atoms with van der Waals surface area (Å²) in [4.78, 5) is 27.8. The van der Waals surface area contributed by atoms with Gasteiger partial charge in [-0.1, -0.05) is 41.7 Å². The Hall–Kier alpha value is -2.54. The zero-order valence-electron chi connectivity index (χ0n) is 11.1. The van der Waals surface area contributed by atoms with Gasteiger partial charge in [0.1, 0.15) is 5.01 Å². The van der Waals surface area contributed by atoms with Crippen LogP contribution in [0.15, 0.2) is 41.2 Å². The van der Waals surface area contributed by atoms with Crippen molar-refractivity contribution in [3.05, 3.63) is 52.4 Å². The van der Waals surface area contributed by atoms with Crippen molar-refractivity contribution in [2.24, 2.45) is 0 Å². The van der Waals surface area contributed by atoms with Crippen molar-refractivity contribution in [3.63, 3.8) is 0 Å². The lowest BCUT2D eigenvalue weighted by molar-refractivity contribution is 0.0516. The third kappa shape index (κ3) is 2.55. The fraction of sp³-hybridized carbons (Fsp3) is 0.143. The minimum atomic E-state index is -0.586. The number of carbonyl (C=O) groups excluding carboxylic acids is 1. The number of carbonyl (C=O) groups is 1. The van der Waals surface area contributed by atoms with Crippen molar-refractivity contribution < 1.29 is 9.53 Å². The van der Waals surface area contributed by atoms with Gasteiger partial charge in [-0.15, -0.1) is 0 Å². The molecule has 1 aromatic carbocycles. The normalized spacial score (nSPS) is 10.7. The summed E-state index contributed by atoms with van der Waals surface area (Å²) in [6.07, 6.45) is 0. The van der Waals surface area contributed by atoms with E-state index in [1.54, 1.807) is 6.92 Å². The minimum Gasteiger partial charge on any atom is -0.461 e. The third-order valence-electron chi connectivity index (χ3n) is 2.76. The number of fused-ring (bicyclic) bond motifs is 1. The first kappa shape index (κ1) is 13.4. The molecule has 3 rings (SSSR count). The molecular formula is C14H11N3O3S. The Morgan fingerprint density at radius 2 is 2.10 bits per heavy atom. The van der Waals surface area contributed by atoms with Crippen molar-refractivity contribution >= 4 is 22.3 Å². The largest absolute Gasteiger partial charge is 0.461 e. The number of hydrogen-bond donors (Lipinski definition) is 0. The molecule has 21 heavy (non-hydrogen) atoms. The number of benzene rings is 1. The molecule has 0 amide bonds. The molecule has 0 aliphatic heterocycles. The second kappa shape index (κ2) is 5.45. The van der Waals surface area contributed by atoms with E-state index in [0.29, 0.717) is 9.97 Å². The van der Waals surface area contributed by atoms with E-state index in [1.165, 1.54) is 15.9 Å². The standard InChI is InChI=1S/C14H11N3O3S/c1-2-20-13(19)10-8-11(18)15-14-17(10)16-12(21-14)9-6-4-3-5-7-9/h3-8H,2H2,1H3. The lowest BCUT2D eigenvalue weighted by Gasteiger charge is -2.02. The van der Waals surface area contributed by atoms with Gasteiger partial charge in [0, 0.05) is 11.6 Å². The predicted octanol–water partition coefficient (Wildman–Crippen LogP) is 1.99. The average Bonchev–Trinajstić information content (AvgIpc) is 2.91. The van der Waals surface area contributed by atoms with Gasteiger partial charge in [0.25, 0.3) is 5.56 Å². The lowest BCUT2D eigenvalue weighted by atomic mass is 10.2. The number of hydrogen-bond acceptors (Lipinski definition) is 6. The van der Waals surface area contributed by atoms with Gasteiger partial charge < -0.3 is 4.74 Å². The fourth-order valence-corrected chi connectivity index (χ4v) is 2.77. The van der Waals surface area contributed by atoms with Gasteiger partial charge in [0.2, 0.25) is 4.96 Å². The summed E-state index contributed by atoms with van der Waals surface area (Å²) >= 11 is 1.25. The van der Waals surface area contributed by atoms with E-state index in [2.05, 4.69) is 10.1 Å². The van der Waals surface area contributed by atoms with Gasteiger partial charge in [-0.2, -0.15) is 14.6 Å². The molecule has 0 spiro atoms. The summed E-state index contributed by atoms with van der Waals surface area (Å²) in [5.74, 6) is -0.586. The van der Waals surface area contributed by atoms with E-state index in [0.717, 1.165) is 11.6 Å². The molecule has 106 valence electrons. The maximum Gasteiger partial charge on any atom is 0.357 e. The molecule has 0 aliphatic rings. The highest BCUT2D eigenvalue weighted by Crippen LogP contribution is 2.24. The molecule has 0 saturated carbocycles. The maximum atomic E-state index is 11.9. The van der Waals surface area contributed by atoms with Crippen molar-refractivity contribution in [3.8, 4) is 10.6 Å². The fourth-order valence-electron chi connectivity index (χ4n) is 1.86. The Balaban J connectivity index is 2.19. The highest BCUT2D eigenvalue weighted by Gasteiger charge is 2.17. The Morgan fingerprint density at radius 1 is 1.33 bits per heavy atom. The van der Waals surface area contributed by atoms with Crippen LogP contribution < -0.4 is 5.56 Å². The summed E-state index contributed by atoms with van der Waals surface area (Å²) < 4.78 is 6.30. The first-order chi connectivity index (χ1) is 10.2. The highest BCUT2D eigenvalue weighted by molar-refractivity contribution is 7.19. The molecule has 0 N–H and O–H groups in total. The topological polar surface area (TPSA) is 73.6 Å². The van der Waals surface area contributed by atoms with Crippen LogP contribution >= 0.6 is 11.3 Å². The Bertz CT molecular complexity index is 855. The molecule has 0 radical (unpaired) electrons. The van der Waals surface area contributed by atoms with Crippen molar-refractivity contribution in [1.29, 1.82) is 0 Å². The van der Waals surface area contributed by atoms with Crippen LogP contribution in [0.4, 0.5) is 0 Å². The van der Waals surface area contributed by atoms with Crippen LogP contribution in [0.5, 0.6) is 0 Å². The minimum absolute atomic E-state index is 0.0882. The van der Waals surface area contributed by atoms with E-state index in [4.69, 9.17) is 4.74 Å². The molecule has 6 nitrogen and oxygen atoms in total. The number of aromatic nitrogens is 3. The van der Waals surface area contributed by atoms with E-state index < -0.39 is 11.5 Å². The maximum absolute atomic E-state index is 11.9. The van der Waals surface area contributed by atoms with Crippen LogP contribution in [-0.2, 0) is 4.74 Å². The monoisotopic (exact) mass is 301 g/mol. The van der Waals surface area contributed by atoms with Crippen LogP contribution in [0.2, 0.25) is 0 Å². The number of ether oxygens (including phenoxy) is 1. The van der Waals surface area contributed by atoms with Crippen LogP contribution in [0.1, 0.15) is 17.4 Å². The Morgan fingerprint density at radius 3 is 2.81 bits per heavy atom. The van der Waals surface area contributed by atoms with Crippen LogP contribution in [-0.4, -0.2) is 27.2 Å². The highest BCUT2D eigenvalue weighted by atomic mass is 32.1. The molecule has 0 atom stereocenters. The Labute approximate surface area is 123 Å². The predicted molar refractivity (Wildman–Crippen MR) is 78.5 cm³/mol. The number of esters is 1. The summed E-state index contributed by atoms with van der Waals surface area (Å²) in [5.41, 5.74) is 0.502. The molecule has 3 aromatic rings. The van der Waals surface area contributed by atoms with E-state index >= 15 is 0 Å². The second-order valence-electron chi connectivity index (χ2n) is 4.17. The first-order valence-corrected chi connectivity index (χ1v) is 7.14. The summed E-state index contributed by atoms with van der Waals surface area (Å²) in [7, 11) is 0. The second-order valence-corrected chi connectivity index (χ2v) is 5.12. The van der Waals surface area contributed by atoms with Gasteiger partial charge in [-0.3, -0.25) is 4.79 Å². The van der Waals surface area contributed by atoms with Gasteiger partial charge in [0.05, 0.1) is 6.61 Å². The quantitative estimate of drug-likeness (QED) is 0.692. The van der Waals surface area contributed by atoms with E-state index in [-0.39, 0.29) is 12.3 Å². The van der Waals surface area contributed by atoms with E-state index in [9.17, 15) is 9.59 Å². The lowest BCUT2D eigenvalue weighted by Crippen LogP contribution is -2.17. The summed E-state index contributed by atoms with van der Waals surface area (Å²) in [6.45, 7) is 1.93. The number of rotatable bonds is 3. The molecule has 0 fully saturated rings. The molecule has 7 heteroatoms. The zero-order chi connectivity index (χ0) is 14.8. The van der Waals surface area contributed by atoms with Gasteiger partial charge in [0.15, 0.2) is 5.69 Å². The molecule has 2 heterocycles. The smallest absolute Gasteiger partial charge is 0.357 e. The van der Waals surface area contributed by atoms with Crippen molar-refractivity contribution in [2.45, 2.75) is 6.92 Å². The van der Waals surface area contributed by atoms with Crippen LogP contribution in [0.25, 0.3) is 15.5 Å².